The molecule has 2 saturated heterocycles. The quantitative estimate of drug-likeness (QED) is 0.815. The fourth-order valence-electron chi connectivity index (χ4n) is 3.61. The van der Waals surface area contributed by atoms with Gasteiger partial charge in [-0.25, -0.2) is 4.98 Å². The number of hydrogen-bond donors (Lipinski definition) is 0. The summed E-state index contributed by atoms with van der Waals surface area (Å²) in [6.45, 7) is 6.08. The van der Waals surface area contributed by atoms with Crippen LogP contribution in [0.1, 0.15) is 31.2 Å². The molecular weight excluding hydrogens is 318 g/mol. The van der Waals surface area contributed by atoms with E-state index in [0.29, 0.717) is 24.1 Å². The van der Waals surface area contributed by atoms with Crippen molar-refractivity contribution in [2.45, 2.75) is 32.2 Å². The van der Waals surface area contributed by atoms with Gasteiger partial charge >= 0.3 is 0 Å². The lowest BCUT2D eigenvalue weighted by atomic mass is 9.98. The molecule has 1 aromatic rings. The van der Waals surface area contributed by atoms with Crippen molar-refractivity contribution in [3.8, 4) is 5.88 Å². The first-order valence-electron chi connectivity index (χ1n) is 9.31. The molecule has 2 fully saturated rings. The van der Waals surface area contributed by atoms with Gasteiger partial charge < -0.3 is 14.4 Å². The summed E-state index contributed by atoms with van der Waals surface area (Å²) in [5, 5.41) is 0. The van der Waals surface area contributed by atoms with Crippen molar-refractivity contribution in [3.05, 3.63) is 23.9 Å². The maximum absolute atomic E-state index is 12.6. The number of hydrogen-bond acceptors (Lipinski definition) is 5. The van der Waals surface area contributed by atoms with Crippen LogP contribution in [0.2, 0.25) is 0 Å². The Balaban J connectivity index is 1.46. The minimum Gasteiger partial charge on any atom is -0.481 e. The Hall–Kier alpha value is -1.66. The van der Waals surface area contributed by atoms with Gasteiger partial charge in [0.15, 0.2) is 0 Å². The summed E-state index contributed by atoms with van der Waals surface area (Å²) in [6, 6.07) is 3.96. The van der Waals surface area contributed by atoms with Gasteiger partial charge in [0.2, 0.25) is 11.8 Å². The van der Waals surface area contributed by atoms with Crippen molar-refractivity contribution in [1.82, 2.24) is 14.8 Å². The van der Waals surface area contributed by atoms with Crippen molar-refractivity contribution in [2.75, 3.05) is 46.5 Å². The molecule has 6 heteroatoms. The second-order valence-electron chi connectivity index (χ2n) is 7.01. The number of carbonyl (C=O) groups is 1. The molecule has 1 unspecified atom stereocenters. The van der Waals surface area contributed by atoms with Gasteiger partial charge in [0.25, 0.3) is 0 Å². The Kier molecular flexibility index (Phi) is 6.64. The molecule has 0 radical (unpaired) electrons. The maximum Gasteiger partial charge on any atom is 0.222 e. The number of carbonyl (C=O) groups excluding carboxylic acids is 1. The van der Waals surface area contributed by atoms with E-state index in [0.717, 1.165) is 65.2 Å². The number of amides is 1. The summed E-state index contributed by atoms with van der Waals surface area (Å²) in [5.74, 6) is 1.34. The van der Waals surface area contributed by atoms with E-state index < -0.39 is 0 Å². The maximum atomic E-state index is 12.6. The molecule has 6 nitrogen and oxygen atoms in total. The standard InChI is InChI=1S/C19H29N3O3/c1-24-18-6-5-17(13-20-18)14-21-7-3-8-22(10-9-21)19(23)12-16-4-2-11-25-15-16/h5-6,13,16H,2-4,7-12,14-15H2,1H3. The summed E-state index contributed by atoms with van der Waals surface area (Å²) >= 11 is 0. The van der Waals surface area contributed by atoms with Gasteiger partial charge in [0, 0.05) is 64.6 Å². The van der Waals surface area contributed by atoms with Crippen molar-refractivity contribution >= 4 is 5.91 Å². The highest BCUT2D eigenvalue weighted by Gasteiger charge is 2.23. The third kappa shape index (κ3) is 5.41. The van der Waals surface area contributed by atoms with E-state index in [4.69, 9.17) is 9.47 Å². The molecule has 0 bridgehead atoms. The zero-order chi connectivity index (χ0) is 17.5. The van der Waals surface area contributed by atoms with Crippen LogP contribution >= 0.6 is 0 Å². The lowest BCUT2D eigenvalue weighted by Gasteiger charge is -2.26. The first kappa shape index (κ1) is 18.1. The molecule has 2 aliphatic heterocycles. The highest BCUT2D eigenvalue weighted by molar-refractivity contribution is 5.76. The van der Waals surface area contributed by atoms with Crippen LogP contribution in [0.15, 0.2) is 18.3 Å². The van der Waals surface area contributed by atoms with Gasteiger partial charge in [-0.1, -0.05) is 6.07 Å². The van der Waals surface area contributed by atoms with Crippen LogP contribution in [0.3, 0.4) is 0 Å². The second kappa shape index (κ2) is 9.15. The van der Waals surface area contributed by atoms with Crippen LogP contribution in [0.5, 0.6) is 5.88 Å². The lowest BCUT2D eigenvalue weighted by molar-refractivity contribution is -0.133. The number of rotatable bonds is 5. The molecule has 3 rings (SSSR count). The molecule has 3 heterocycles. The Morgan fingerprint density at radius 1 is 1.28 bits per heavy atom. The summed E-state index contributed by atoms with van der Waals surface area (Å²) in [4.78, 5) is 21.3. The average Bonchev–Trinajstić information content (AvgIpc) is 2.89. The van der Waals surface area contributed by atoms with Gasteiger partial charge in [-0.3, -0.25) is 9.69 Å². The molecule has 2 aliphatic rings. The van der Waals surface area contributed by atoms with E-state index in [1.165, 1.54) is 5.56 Å². The second-order valence-corrected chi connectivity index (χ2v) is 7.01. The molecule has 138 valence electrons. The zero-order valence-electron chi connectivity index (χ0n) is 15.2. The van der Waals surface area contributed by atoms with Crippen molar-refractivity contribution in [1.29, 1.82) is 0 Å². The zero-order valence-corrected chi connectivity index (χ0v) is 15.2. The average molecular weight is 347 g/mol. The van der Waals surface area contributed by atoms with Gasteiger partial charge in [-0.15, -0.1) is 0 Å². The summed E-state index contributed by atoms with van der Waals surface area (Å²) in [7, 11) is 1.63. The Bertz CT molecular complexity index is 543. The van der Waals surface area contributed by atoms with Gasteiger partial charge in [-0.05, 0) is 30.7 Å². The number of ether oxygens (including phenoxy) is 2. The molecule has 25 heavy (non-hydrogen) atoms. The lowest BCUT2D eigenvalue weighted by Crippen LogP contribution is -2.36. The molecule has 0 aliphatic carbocycles. The predicted octanol–water partition coefficient (Wildman–Crippen LogP) is 1.94. The van der Waals surface area contributed by atoms with Gasteiger partial charge in [0.1, 0.15) is 0 Å². The number of nitrogens with zero attached hydrogens (tertiary/aromatic N) is 3. The van der Waals surface area contributed by atoms with Crippen molar-refractivity contribution in [2.24, 2.45) is 5.92 Å². The van der Waals surface area contributed by atoms with Crippen LogP contribution in [0.25, 0.3) is 0 Å². The van der Waals surface area contributed by atoms with Crippen LogP contribution < -0.4 is 4.74 Å². The first-order valence-corrected chi connectivity index (χ1v) is 9.31. The smallest absolute Gasteiger partial charge is 0.222 e. The molecular formula is C19H29N3O3. The Morgan fingerprint density at radius 2 is 2.20 bits per heavy atom. The number of aromatic nitrogens is 1. The van der Waals surface area contributed by atoms with E-state index in [1.807, 2.05) is 17.2 Å². The van der Waals surface area contributed by atoms with E-state index >= 15 is 0 Å². The highest BCUT2D eigenvalue weighted by atomic mass is 16.5. The first-order chi connectivity index (χ1) is 12.2. The normalized spacial score (nSPS) is 22.4. The summed E-state index contributed by atoms with van der Waals surface area (Å²) in [5.41, 5.74) is 1.18. The number of methoxy groups -OCH3 is 1. The molecule has 1 atom stereocenters. The third-order valence-corrected chi connectivity index (χ3v) is 5.07. The summed E-state index contributed by atoms with van der Waals surface area (Å²) < 4.78 is 10.6. The molecule has 1 amide bonds. The fourth-order valence-corrected chi connectivity index (χ4v) is 3.61. The van der Waals surface area contributed by atoms with Crippen molar-refractivity contribution in [3.63, 3.8) is 0 Å². The molecule has 0 saturated carbocycles. The molecule has 0 N–H and O–H groups in total. The van der Waals surface area contributed by atoms with E-state index in [1.54, 1.807) is 7.11 Å². The topological polar surface area (TPSA) is 54.9 Å². The minimum atomic E-state index is 0.295. The Labute approximate surface area is 150 Å². The minimum absolute atomic E-state index is 0.295. The third-order valence-electron chi connectivity index (χ3n) is 5.07. The Morgan fingerprint density at radius 3 is 2.92 bits per heavy atom. The number of pyridine rings is 1. The van der Waals surface area contributed by atoms with Crippen LogP contribution in [-0.4, -0.2) is 67.2 Å². The van der Waals surface area contributed by atoms with Crippen molar-refractivity contribution < 1.29 is 14.3 Å². The van der Waals surface area contributed by atoms with Crippen LogP contribution in [0, 0.1) is 5.92 Å². The summed E-state index contributed by atoms with van der Waals surface area (Å²) in [6.07, 6.45) is 5.74. The predicted molar refractivity (Wildman–Crippen MR) is 95.4 cm³/mol. The molecule has 1 aromatic heterocycles. The SMILES string of the molecule is COc1ccc(CN2CCCN(C(=O)CC3CCCOC3)CC2)cn1. The van der Waals surface area contributed by atoms with Gasteiger partial charge in [-0.2, -0.15) is 0 Å². The van der Waals surface area contributed by atoms with Crippen LogP contribution in [-0.2, 0) is 16.1 Å². The van der Waals surface area contributed by atoms with Gasteiger partial charge in [0.05, 0.1) is 7.11 Å². The van der Waals surface area contributed by atoms with E-state index in [9.17, 15) is 4.79 Å². The fraction of sp³-hybridized carbons (Fsp3) is 0.684. The molecule has 0 spiro atoms. The van der Waals surface area contributed by atoms with E-state index in [2.05, 4.69) is 16.0 Å². The monoisotopic (exact) mass is 347 g/mol. The largest absolute Gasteiger partial charge is 0.481 e. The van der Waals surface area contributed by atoms with Crippen LogP contribution in [0.4, 0.5) is 0 Å². The molecule has 0 aromatic carbocycles. The highest BCUT2D eigenvalue weighted by Crippen LogP contribution is 2.19. The van der Waals surface area contributed by atoms with E-state index in [-0.39, 0.29) is 0 Å².